The van der Waals surface area contributed by atoms with Crippen molar-refractivity contribution in [2.45, 2.75) is 70.0 Å². The van der Waals surface area contributed by atoms with Gasteiger partial charge in [0.05, 0.1) is 12.2 Å². The summed E-state index contributed by atoms with van der Waals surface area (Å²) in [5, 5.41) is 37.2. The highest BCUT2D eigenvalue weighted by Gasteiger charge is 2.41. The molecule has 0 saturated heterocycles. The molecule has 1 aliphatic carbocycles. The van der Waals surface area contributed by atoms with Crippen LogP contribution in [0.5, 0.6) is 0 Å². The van der Waals surface area contributed by atoms with Gasteiger partial charge in [0.1, 0.15) is 5.78 Å². The average molecular weight is 330 g/mol. The lowest BCUT2D eigenvalue weighted by atomic mass is 9.85. The number of aliphatic hydroxyl groups is 2. The Kier molecular flexibility index (Phi) is 8.19. The van der Waals surface area contributed by atoms with Gasteiger partial charge in [0, 0.05) is 25.7 Å². The molecule has 7 heteroatoms. The molecule has 0 amide bonds. The third kappa shape index (κ3) is 7.09. The molecule has 0 aliphatic heterocycles. The van der Waals surface area contributed by atoms with Crippen LogP contribution in [-0.4, -0.2) is 50.4 Å². The van der Waals surface area contributed by atoms with Gasteiger partial charge in [-0.2, -0.15) is 0 Å². The first-order chi connectivity index (χ1) is 10.8. The summed E-state index contributed by atoms with van der Waals surface area (Å²) < 4.78 is 0. The van der Waals surface area contributed by atoms with E-state index in [4.69, 9.17) is 10.2 Å². The summed E-state index contributed by atoms with van der Waals surface area (Å²) in [7, 11) is 0. The SMILES string of the molecule is O=C(O)CCCCC(=O)CC[C@@H]1[C@@H](CCC(=O)O)[C@@H](O)C[C@H]1O. The van der Waals surface area contributed by atoms with Gasteiger partial charge in [0.2, 0.25) is 0 Å². The van der Waals surface area contributed by atoms with E-state index in [0.717, 1.165) is 0 Å². The summed E-state index contributed by atoms with van der Waals surface area (Å²) in [6.45, 7) is 0. The predicted molar refractivity (Wildman–Crippen MR) is 80.8 cm³/mol. The van der Waals surface area contributed by atoms with Gasteiger partial charge in [-0.05, 0) is 43.9 Å². The minimum absolute atomic E-state index is 0.0148. The molecule has 1 rings (SSSR count). The Balaban J connectivity index is 2.36. The van der Waals surface area contributed by atoms with Crippen molar-refractivity contribution < 1.29 is 34.8 Å². The van der Waals surface area contributed by atoms with E-state index in [1.54, 1.807) is 0 Å². The Hall–Kier alpha value is -1.47. The normalized spacial score (nSPS) is 27.0. The molecule has 4 atom stereocenters. The molecule has 1 fully saturated rings. The average Bonchev–Trinajstić information content (AvgIpc) is 2.72. The number of carbonyl (C=O) groups is 3. The molecule has 1 aliphatic rings. The predicted octanol–water partition coefficient (Wildman–Crippen LogP) is 1.20. The Morgan fingerprint density at radius 2 is 1.22 bits per heavy atom. The van der Waals surface area contributed by atoms with Crippen LogP contribution < -0.4 is 0 Å². The Labute approximate surface area is 135 Å². The fourth-order valence-corrected chi connectivity index (χ4v) is 3.32. The lowest BCUT2D eigenvalue weighted by Crippen LogP contribution is -2.24. The summed E-state index contributed by atoms with van der Waals surface area (Å²) >= 11 is 0. The number of ketones is 1. The van der Waals surface area contributed by atoms with Crippen molar-refractivity contribution in [1.82, 2.24) is 0 Å². The second kappa shape index (κ2) is 9.62. The van der Waals surface area contributed by atoms with Crippen molar-refractivity contribution in [3.63, 3.8) is 0 Å². The van der Waals surface area contributed by atoms with Gasteiger partial charge in [0.15, 0.2) is 0 Å². The molecule has 132 valence electrons. The van der Waals surface area contributed by atoms with Gasteiger partial charge in [-0.25, -0.2) is 0 Å². The first-order valence-electron chi connectivity index (χ1n) is 8.12. The molecule has 23 heavy (non-hydrogen) atoms. The number of aliphatic carboxylic acids is 2. The molecule has 1 saturated carbocycles. The number of aliphatic hydroxyl groups excluding tert-OH is 2. The number of carboxylic acids is 2. The van der Waals surface area contributed by atoms with Crippen LogP contribution in [0.4, 0.5) is 0 Å². The third-order valence-corrected chi connectivity index (χ3v) is 4.57. The van der Waals surface area contributed by atoms with Crippen molar-refractivity contribution >= 4 is 17.7 Å². The largest absolute Gasteiger partial charge is 0.481 e. The molecule has 0 spiro atoms. The van der Waals surface area contributed by atoms with Crippen LogP contribution in [0.3, 0.4) is 0 Å². The maximum Gasteiger partial charge on any atom is 0.303 e. The fourth-order valence-electron chi connectivity index (χ4n) is 3.32. The van der Waals surface area contributed by atoms with Gasteiger partial charge < -0.3 is 20.4 Å². The van der Waals surface area contributed by atoms with Gasteiger partial charge >= 0.3 is 11.9 Å². The van der Waals surface area contributed by atoms with Crippen LogP contribution in [0.2, 0.25) is 0 Å². The van der Waals surface area contributed by atoms with Gasteiger partial charge in [-0.15, -0.1) is 0 Å². The minimum Gasteiger partial charge on any atom is -0.481 e. The minimum atomic E-state index is -0.938. The monoisotopic (exact) mass is 330 g/mol. The molecule has 0 aromatic carbocycles. The summed E-state index contributed by atoms with van der Waals surface area (Å²) in [5.74, 6) is -2.34. The van der Waals surface area contributed by atoms with Crippen molar-refractivity contribution in [3.8, 4) is 0 Å². The van der Waals surface area contributed by atoms with Crippen molar-refractivity contribution in [1.29, 1.82) is 0 Å². The molecule has 0 aromatic heterocycles. The maximum atomic E-state index is 11.8. The standard InChI is InChI=1S/C16H26O7/c17-10(3-1-2-4-15(20)21)5-6-11-12(7-8-16(22)23)14(19)9-13(11)18/h11-14,18-19H,1-9H2,(H,20,21)(H,22,23)/t11-,12-,13-,14+/m1/s1. The van der Waals surface area contributed by atoms with Crippen molar-refractivity contribution in [2.75, 3.05) is 0 Å². The van der Waals surface area contributed by atoms with E-state index >= 15 is 0 Å². The van der Waals surface area contributed by atoms with E-state index in [1.165, 1.54) is 0 Å². The van der Waals surface area contributed by atoms with Crippen molar-refractivity contribution in [3.05, 3.63) is 0 Å². The van der Waals surface area contributed by atoms with Crippen LogP contribution in [0, 0.1) is 11.8 Å². The highest BCUT2D eigenvalue weighted by atomic mass is 16.4. The second-order valence-corrected chi connectivity index (χ2v) is 6.31. The molecule has 0 bridgehead atoms. The Morgan fingerprint density at radius 3 is 1.74 bits per heavy atom. The summed E-state index contributed by atoms with van der Waals surface area (Å²) in [4.78, 5) is 32.9. The third-order valence-electron chi connectivity index (χ3n) is 4.57. The molecule has 0 heterocycles. The van der Waals surface area contributed by atoms with Gasteiger partial charge in [-0.1, -0.05) is 0 Å². The second-order valence-electron chi connectivity index (χ2n) is 6.31. The number of Topliss-reactive ketones (excluding diaryl/α,β-unsaturated/α-hetero) is 1. The molecular formula is C16H26O7. The smallest absolute Gasteiger partial charge is 0.303 e. The maximum absolute atomic E-state index is 11.8. The number of rotatable bonds is 11. The first-order valence-corrected chi connectivity index (χ1v) is 8.12. The van der Waals surface area contributed by atoms with E-state index in [2.05, 4.69) is 0 Å². The molecule has 7 nitrogen and oxygen atoms in total. The van der Waals surface area contributed by atoms with Gasteiger partial charge in [0.25, 0.3) is 0 Å². The zero-order chi connectivity index (χ0) is 17.4. The van der Waals surface area contributed by atoms with Crippen LogP contribution in [0.15, 0.2) is 0 Å². The lowest BCUT2D eigenvalue weighted by molar-refractivity contribution is -0.138. The van der Waals surface area contributed by atoms with E-state index in [0.29, 0.717) is 32.1 Å². The molecule has 0 aromatic rings. The van der Waals surface area contributed by atoms with Crippen LogP contribution >= 0.6 is 0 Å². The number of hydrogen-bond acceptors (Lipinski definition) is 5. The van der Waals surface area contributed by atoms with Crippen LogP contribution in [0.1, 0.15) is 57.8 Å². The highest BCUT2D eigenvalue weighted by Crippen LogP contribution is 2.38. The molecule has 4 N–H and O–H groups in total. The topological polar surface area (TPSA) is 132 Å². The Morgan fingerprint density at radius 1 is 0.739 bits per heavy atom. The van der Waals surface area contributed by atoms with Crippen molar-refractivity contribution in [2.24, 2.45) is 11.8 Å². The lowest BCUT2D eigenvalue weighted by Gasteiger charge is -2.22. The molecule has 0 unspecified atom stereocenters. The summed E-state index contributed by atoms with van der Waals surface area (Å²) in [6.07, 6.45) is 1.10. The van der Waals surface area contributed by atoms with E-state index in [1.807, 2.05) is 0 Å². The van der Waals surface area contributed by atoms with Crippen LogP contribution in [-0.2, 0) is 14.4 Å². The highest BCUT2D eigenvalue weighted by molar-refractivity contribution is 5.78. The number of carbonyl (C=O) groups excluding carboxylic acids is 1. The zero-order valence-corrected chi connectivity index (χ0v) is 13.2. The number of unbranched alkanes of at least 4 members (excludes halogenated alkanes) is 1. The summed E-state index contributed by atoms with van der Waals surface area (Å²) in [6, 6.07) is 0. The number of hydrogen-bond donors (Lipinski definition) is 4. The van der Waals surface area contributed by atoms with E-state index < -0.39 is 24.1 Å². The Bertz CT molecular complexity index is 421. The first kappa shape index (κ1) is 19.6. The van der Waals surface area contributed by atoms with Crippen LogP contribution in [0.25, 0.3) is 0 Å². The molecule has 0 radical (unpaired) electrons. The summed E-state index contributed by atoms with van der Waals surface area (Å²) in [5.41, 5.74) is 0. The molecular weight excluding hydrogens is 304 g/mol. The zero-order valence-electron chi connectivity index (χ0n) is 13.2. The van der Waals surface area contributed by atoms with E-state index in [-0.39, 0.29) is 43.3 Å². The van der Waals surface area contributed by atoms with Gasteiger partial charge in [-0.3, -0.25) is 14.4 Å². The van der Waals surface area contributed by atoms with E-state index in [9.17, 15) is 24.6 Å². The fraction of sp³-hybridized carbons (Fsp3) is 0.812. The number of carboxylic acid groups (broad SMARTS) is 2. The quantitative estimate of drug-likeness (QED) is 0.418.